The van der Waals surface area contributed by atoms with Crippen molar-refractivity contribution >= 4 is 69.4 Å². The maximum atomic E-state index is 7.50. The van der Waals surface area contributed by atoms with Crippen molar-refractivity contribution in [3.8, 4) is 0 Å². The van der Waals surface area contributed by atoms with E-state index in [4.69, 9.17) is 14.0 Å². The third-order valence-corrected chi connectivity index (χ3v) is 2.31. The Labute approximate surface area is 233 Å². The third kappa shape index (κ3) is 51.7. The zero-order chi connectivity index (χ0) is 23.4. The van der Waals surface area contributed by atoms with Gasteiger partial charge in [0.05, 0.1) is 0 Å². The summed E-state index contributed by atoms with van der Waals surface area (Å²) >= 11 is 16.3. The normalized spacial score (nSPS) is 12.5. The second kappa shape index (κ2) is 37.6. The summed E-state index contributed by atoms with van der Waals surface area (Å²) in [6, 6.07) is 9.84. The van der Waals surface area contributed by atoms with Crippen molar-refractivity contribution < 1.29 is 46.6 Å². The van der Waals surface area contributed by atoms with Gasteiger partial charge in [0.2, 0.25) is 1.44 Å². The fourth-order valence-electron chi connectivity index (χ4n) is 1.14. The van der Waals surface area contributed by atoms with Crippen molar-refractivity contribution in [1.82, 2.24) is 0 Å². The molecule has 0 saturated heterocycles. The van der Waals surface area contributed by atoms with Crippen molar-refractivity contribution in [1.29, 1.82) is 0 Å². The van der Waals surface area contributed by atoms with Crippen molar-refractivity contribution in [3.05, 3.63) is 120 Å². The molecule has 0 bridgehead atoms. The van der Waals surface area contributed by atoms with E-state index in [2.05, 4.69) is 103 Å². The first-order chi connectivity index (χ1) is 13.9. The van der Waals surface area contributed by atoms with Crippen LogP contribution in [0.15, 0.2) is 30.3 Å². The summed E-state index contributed by atoms with van der Waals surface area (Å²) in [5.74, 6) is 0. The van der Waals surface area contributed by atoms with Crippen LogP contribution in [-0.2, 0) is 46.6 Å². The van der Waals surface area contributed by atoms with Crippen LogP contribution in [0.5, 0.6) is 0 Å². The number of hydrogen-bond acceptors (Lipinski definition) is 0. The Morgan fingerprint density at radius 2 is 0.800 bits per heavy atom. The van der Waals surface area contributed by atoms with Gasteiger partial charge in [0.1, 0.15) is 0 Å². The van der Waals surface area contributed by atoms with Gasteiger partial charge < -0.3 is 63.0 Å². The van der Waals surface area contributed by atoms with Gasteiger partial charge in [-0.2, -0.15) is 0 Å². The number of benzene rings is 1. The molecule has 0 heterocycles. The maximum absolute atomic E-state index is 7.50. The molecule has 10 heteroatoms. The first-order valence-corrected chi connectivity index (χ1v) is 11.4. The second-order valence-corrected chi connectivity index (χ2v) is 17.0. The van der Waals surface area contributed by atoms with E-state index in [1.54, 1.807) is 0 Å². The van der Waals surface area contributed by atoms with Gasteiger partial charge in [0.15, 0.2) is 0 Å². The zero-order valence-electron chi connectivity index (χ0n) is 15.2. The zero-order valence-corrected chi connectivity index (χ0v) is 23.7. The molecule has 3 rings (SSSR count). The van der Waals surface area contributed by atoms with Crippen LogP contribution in [-0.4, -0.2) is 6.36 Å². The Bertz CT molecular complexity index is 457. The van der Waals surface area contributed by atoms with E-state index in [1.807, 2.05) is 94.5 Å². The summed E-state index contributed by atoms with van der Waals surface area (Å²) < 4.78 is 21.8. The molecule has 2 fully saturated rings. The molecule has 0 atom stereocenters. The molecule has 3 nitrogen and oxygen atoms in total. The van der Waals surface area contributed by atoms with Gasteiger partial charge >= 0.3 is 107 Å². The Morgan fingerprint density at radius 1 is 0.600 bits per heavy atom. The van der Waals surface area contributed by atoms with Crippen molar-refractivity contribution in [2.75, 3.05) is 0 Å². The van der Waals surface area contributed by atoms with Crippen LogP contribution in [0.2, 0.25) is 0 Å². The van der Waals surface area contributed by atoms with E-state index in [1.165, 1.54) is 0 Å². The Balaban J connectivity index is -0.0000000859. The van der Waals surface area contributed by atoms with E-state index >= 15 is 0 Å². The van der Waals surface area contributed by atoms with Crippen LogP contribution in [0.4, 0.5) is 0 Å². The Hall–Kier alpha value is 1.33. The number of halogens is 4. The summed E-state index contributed by atoms with van der Waals surface area (Å²) in [7, 11) is 0. The Morgan fingerprint density at radius 3 is 0.933 bits per heavy atom. The van der Waals surface area contributed by atoms with E-state index in [0.717, 1.165) is 5.56 Å². The molecule has 2 saturated carbocycles. The van der Waals surface area contributed by atoms with Crippen LogP contribution in [0.1, 0.15) is 5.56 Å². The average molecular weight is 745 g/mol. The average Bonchev–Trinajstić information content (AvgIpc) is 3.51. The van der Waals surface area contributed by atoms with Crippen LogP contribution >= 0.6 is 63.0 Å². The number of hydrogen-bond donors (Lipinski definition) is 0. The molecule has 0 spiro atoms. The topological polar surface area (TPSA) is 59.7 Å². The predicted octanol–water partition coefficient (Wildman–Crippen LogP) is 6.19. The monoisotopic (exact) mass is 742 g/mol. The molecule has 0 aliphatic heterocycles. The standard InChI is InChI=1S/C7H5.2C5H5.3CO.BBr4.2Fe/c1-7-5-3-2-4-6-7;2*1-2-4-5-3-1;3*1-2;2-1(3,4)5;;/h2-6H;2*1-5H;;;;;;/q-1;;;;;;-1;+1;+3. The molecule has 2 aliphatic rings. The van der Waals surface area contributed by atoms with Gasteiger partial charge in [0, 0.05) is 0 Å². The molecule has 2 aliphatic carbocycles. The van der Waals surface area contributed by atoms with Gasteiger partial charge in [-0.05, 0) is 64.2 Å². The fourth-order valence-corrected chi connectivity index (χ4v) is 1.32. The summed E-state index contributed by atoms with van der Waals surface area (Å²) in [6.07, 6.45) is 20.0. The molecule has 11 radical (unpaired) electrons. The second-order valence-electron chi connectivity index (χ2n) is 3.87. The van der Waals surface area contributed by atoms with Gasteiger partial charge in [-0.1, -0.05) is 0 Å². The SMILES string of the molecule is Br[B-](Br)(Br)Br.[C-]#[O+].[C-]#[O+].[C-]#[O+].[CH]1[CH][CH][CH][CH]1.[CH]1[CH][CH][CH][CH]1.[Fe+3].[Fe+]=[C-]c1ccccc1. The van der Waals surface area contributed by atoms with E-state index in [0.29, 0.717) is 0 Å². The number of rotatable bonds is 1. The molecule has 0 unspecified atom stereocenters. The molecule has 158 valence electrons. The molecular formula is C20H15BBr4Fe2O3+2. The van der Waals surface area contributed by atoms with E-state index in [-0.39, 0.29) is 17.1 Å². The minimum absolute atomic E-state index is 0. The molecule has 0 amide bonds. The fraction of sp³-hybridized carbons (Fsp3) is 0. The van der Waals surface area contributed by atoms with Crippen molar-refractivity contribution in [2.24, 2.45) is 0 Å². The van der Waals surface area contributed by atoms with Crippen LogP contribution in [0.3, 0.4) is 0 Å². The summed E-state index contributed by atoms with van der Waals surface area (Å²) in [6.45, 7) is 13.5. The van der Waals surface area contributed by atoms with E-state index < -0.39 is 1.44 Å². The molecular weight excluding hydrogens is 730 g/mol. The van der Waals surface area contributed by atoms with Crippen LogP contribution < -0.4 is 0 Å². The summed E-state index contributed by atoms with van der Waals surface area (Å²) in [4.78, 5) is 2.78. The summed E-state index contributed by atoms with van der Waals surface area (Å²) in [5.41, 5.74) is 1.05. The van der Waals surface area contributed by atoms with E-state index in [9.17, 15) is 0 Å². The summed E-state index contributed by atoms with van der Waals surface area (Å²) in [5, 5.41) is 0. The van der Waals surface area contributed by atoms with Crippen LogP contribution in [0.25, 0.3) is 0 Å². The van der Waals surface area contributed by atoms with Gasteiger partial charge in [0.25, 0.3) is 0 Å². The van der Waals surface area contributed by atoms with Crippen molar-refractivity contribution in [3.63, 3.8) is 0 Å². The quantitative estimate of drug-likeness (QED) is 0.187. The third-order valence-electron chi connectivity index (χ3n) is 1.99. The molecule has 0 N–H and O–H groups in total. The molecule has 1 aromatic carbocycles. The van der Waals surface area contributed by atoms with Gasteiger partial charge in [-0.25, -0.2) is 0 Å². The molecule has 30 heavy (non-hydrogen) atoms. The molecule has 0 aromatic heterocycles. The van der Waals surface area contributed by atoms with Gasteiger partial charge in [-0.15, -0.1) is 0 Å². The van der Waals surface area contributed by atoms with Gasteiger partial charge in [-0.3, -0.25) is 0 Å². The first-order valence-electron chi connectivity index (χ1n) is 7.16. The minimum atomic E-state index is -0.750. The van der Waals surface area contributed by atoms with Crippen molar-refractivity contribution in [2.45, 2.75) is 0 Å². The Kier molecular flexibility index (Phi) is 52.2. The predicted molar refractivity (Wildman–Crippen MR) is 127 cm³/mol. The molecule has 1 aromatic rings. The van der Waals surface area contributed by atoms with Crippen LogP contribution in [0, 0.1) is 84.2 Å². The first kappa shape index (κ1) is 41.6.